The van der Waals surface area contributed by atoms with E-state index in [4.69, 9.17) is 4.74 Å². The SMILES string of the molecule is O=C(NCc1nccc(N2CCCC2)n1)C1(c2ccccc2)CCOCC1. The molecule has 1 N–H and O–H groups in total. The van der Waals surface area contributed by atoms with Gasteiger partial charge in [-0.3, -0.25) is 4.79 Å². The molecule has 27 heavy (non-hydrogen) atoms. The minimum Gasteiger partial charge on any atom is -0.381 e. The largest absolute Gasteiger partial charge is 0.381 e. The standard InChI is InChI=1S/C21H26N4O2/c26-20(21(9-14-27-15-10-21)17-6-2-1-3-7-17)23-16-18-22-11-8-19(24-18)25-12-4-5-13-25/h1-3,6-8,11H,4-5,9-10,12-16H2,(H,23,26). The van der Waals surface area contributed by atoms with E-state index in [1.165, 1.54) is 12.8 Å². The fraction of sp³-hybridized carbons (Fsp3) is 0.476. The van der Waals surface area contributed by atoms with Crippen molar-refractivity contribution >= 4 is 11.7 Å². The highest BCUT2D eigenvalue weighted by molar-refractivity contribution is 5.88. The van der Waals surface area contributed by atoms with Gasteiger partial charge in [0.15, 0.2) is 0 Å². The van der Waals surface area contributed by atoms with Crippen molar-refractivity contribution in [2.45, 2.75) is 37.6 Å². The molecule has 2 aliphatic heterocycles. The van der Waals surface area contributed by atoms with E-state index in [1.54, 1.807) is 6.20 Å². The van der Waals surface area contributed by atoms with Gasteiger partial charge in [-0.2, -0.15) is 0 Å². The van der Waals surface area contributed by atoms with Crippen molar-refractivity contribution in [2.75, 3.05) is 31.2 Å². The fourth-order valence-corrected chi connectivity index (χ4v) is 4.05. The van der Waals surface area contributed by atoms with Crippen LogP contribution in [0, 0.1) is 0 Å². The third kappa shape index (κ3) is 3.81. The molecule has 0 spiro atoms. The Labute approximate surface area is 160 Å². The van der Waals surface area contributed by atoms with Crippen LogP contribution in [0.2, 0.25) is 0 Å². The fourth-order valence-electron chi connectivity index (χ4n) is 4.05. The van der Waals surface area contributed by atoms with E-state index in [2.05, 4.69) is 20.2 Å². The molecule has 1 aromatic carbocycles. The quantitative estimate of drug-likeness (QED) is 0.880. The van der Waals surface area contributed by atoms with Crippen LogP contribution < -0.4 is 10.2 Å². The number of hydrogen-bond donors (Lipinski definition) is 1. The van der Waals surface area contributed by atoms with Gasteiger partial charge in [-0.05, 0) is 37.3 Å². The summed E-state index contributed by atoms with van der Waals surface area (Å²) in [5.74, 6) is 1.64. The smallest absolute Gasteiger partial charge is 0.231 e. The zero-order chi connectivity index (χ0) is 18.5. The molecule has 0 bridgehead atoms. The molecule has 142 valence electrons. The molecule has 4 rings (SSSR count). The lowest BCUT2D eigenvalue weighted by atomic mass is 9.73. The van der Waals surface area contributed by atoms with E-state index in [-0.39, 0.29) is 5.91 Å². The highest BCUT2D eigenvalue weighted by atomic mass is 16.5. The summed E-state index contributed by atoms with van der Waals surface area (Å²) in [5, 5.41) is 3.09. The monoisotopic (exact) mass is 366 g/mol. The van der Waals surface area contributed by atoms with E-state index < -0.39 is 5.41 Å². The molecule has 0 aliphatic carbocycles. The lowest BCUT2D eigenvalue weighted by Gasteiger charge is -2.36. The molecule has 1 amide bonds. The minimum atomic E-state index is -0.536. The summed E-state index contributed by atoms with van der Waals surface area (Å²) in [6.45, 7) is 3.63. The van der Waals surface area contributed by atoms with E-state index >= 15 is 0 Å². The van der Waals surface area contributed by atoms with Crippen LogP contribution in [0.15, 0.2) is 42.6 Å². The van der Waals surface area contributed by atoms with Gasteiger partial charge in [0.1, 0.15) is 11.6 Å². The van der Waals surface area contributed by atoms with Crippen LogP contribution in [0.3, 0.4) is 0 Å². The number of amides is 1. The van der Waals surface area contributed by atoms with Crippen LogP contribution in [-0.4, -0.2) is 42.2 Å². The number of nitrogens with one attached hydrogen (secondary N) is 1. The number of ether oxygens (including phenoxy) is 1. The predicted octanol–water partition coefficient (Wildman–Crippen LogP) is 2.44. The number of aromatic nitrogens is 2. The first-order valence-corrected chi connectivity index (χ1v) is 9.76. The summed E-state index contributed by atoms with van der Waals surface area (Å²) in [4.78, 5) is 24.5. The molecule has 0 atom stereocenters. The van der Waals surface area contributed by atoms with Crippen LogP contribution in [0.1, 0.15) is 37.1 Å². The van der Waals surface area contributed by atoms with Crippen molar-refractivity contribution in [1.82, 2.24) is 15.3 Å². The first-order chi connectivity index (χ1) is 13.3. The van der Waals surface area contributed by atoms with E-state index in [1.807, 2.05) is 36.4 Å². The molecule has 2 saturated heterocycles. The minimum absolute atomic E-state index is 0.0344. The van der Waals surface area contributed by atoms with Gasteiger partial charge in [-0.1, -0.05) is 30.3 Å². The second-order valence-corrected chi connectivity index (χ2v) is 7.27. The Morgan fingerprint density at radius 2 is 1.85 bits per heavy atom. The molecule has 0 unspecified atom stereocenters. The highest BCUT2D eigenvalue weighted by Crippen LogP contribution is 2.35. The van der Waals surface area contributed by atoms with E-state index in [9.17, 15) is 4.79 Å². The van der Waals surface area contributed by atoms with Gasteiger partial charge < -0.3 is 15.0 Å². The first-order valence-electron chi connectivity index (χ1n) is 9.76. The number of carbonyl (C=O) groups excluding carboxylic acids is 1. The highest BCUT2D eigenvalue weighted by Gasteiger charge is 2.41. The summed E-state index contributed by atoms with van der Waals surface area (Å²) in [6.07, 6.45) is 5.58. The Hall–Kier alpha value is -2.47. The first kappa shape index (κ1) is 17.9. The van der Waals surface area contributed by atoms with Gasteiger partial charge in [0.2, 0.25) is 5.91 Å². The van der Waals surface area contributed by atoms with Gasteiger partial charge in [0.05, 0.1) is 12.0 Å². The van der Waals surface area contributed by atoms with E-state index in [0.29, 0.717) is 38.4 Å². The Balaban J connectivity index is 1.48. The normalized spacial score (nSPS) is 19.0. The average Bonchev–Trinajstić information content (AvgIpc) is 3.28. The molecule has 3 heterocycles. The lowest BCUT2D eigenvalue weighted by Crippen LogP contribution is -2.48. The Bertz CT molecular complexity index is 769. The van der Waals surface area contributed by atoms with Gasteiger partial charge in [0, 0.05) is 32.5 Å². The molecular weight excluding hydrogens is 340 g/mol. The maximum Gasteiger partial charge on any atom is 0.231 e. The van der Waals surface area contributed by atoms with Crippen molar-refractivity contribution < 1.29 is 9.53 Å². The second-order valence-electron chi connectivity index (χ2n) is 7.27. The van der Waals surface area contributed by atoms with Crippen molar-refractivity contribution in [3.63, 3.8) is 0 Å². The van der Waals surface area contributed by atoms with Crippen molar-refractivity contribution in [3.05, 3.63) is 54.0 Å². The number of nitrogens with zero attached hydrogens (tertiary/aromatic N) is 3. The molecule has 6 heteroatoms. The van der Waals surface area contributed by atoms with Crippen LogP contribution in [0.25, 0.3) is 0 Å². The Kier molecular flexibility index (Phi) is 5.34. The van der Waals surface area contributed by atoms with Crippen LogP contribution >= 0.6 is 0 Å². The number of benzene rings is 1. The molecule has 2 fully saturated rings. The molecule has 6 nitrogen and oxygen atoms in total. The second kappa shape index (κ2) is 8.05. The number of hydrogen-bond acceptors (Lipinski definition) is 5. The summed E-state index contributed by atoms with van der Waals surface area (Å²) < 4.78 is 5.52. The maximum absolute atomic E-state index is 13.2. The third-order valence-electron chi connectivity index (χ3n) is 5.64. The number of anilines is 1. The van der Waals surface area contributed by atoms with Crippen LogP contribution in [0.4, 0.5) is 5.82 Å². The topological polar surface area (TPSA) is 67.4 Å². The number of carbonyl (C=O) groups is 1. The zero-order valence-corrected chi connectivity index (χ0v) is 15.6. The van der Waals surface area contributed by atoms with Crippen LogP contribution in [0.5, 0.6) is 0 Å². The van der Waals surface area contributed by atoms with Crippen LogP contribution in [-0.2, 0) is 21.5 Å². The Morgan fingerprint density at radius 1 is 1.11 bits per heavy atom. The van der Waals surface area contributed by atoms with Crippen molar-refractivity contribution in [3.8, 4) is 0 Å². The summed E-state index contributed by atoms with van der Waals surface area (Å²) in [7, 11) is 0. The van der Waals surface area contributed by atoms with E-state index in [0.717, 1.165) is 24.5 Å². The molecular formula is C21H26N4O2. The third-order valence-corrected chi connectivity index (χ3v) is 5.64. The van der Waals surface area contributed by atoms with Crippen molar-refractivity contribution in [2.24, 2.45) is 0 Å². The van der Waals surface area contributed by atoms with Gasteiger partial charge in [-0.25, -0.2) is 9.97 Å². The molecule has 0 saturated carbocycles. The predicted molar refractivity (Wildman–Crippen MR) is 103 cm³/mol. The molecule has 2 aromatic rings. The van der Waals surface area contributed by atoms with Crippen molar-refractivity contribution in [1.29, 1.82) is 0 Å². The maximum atomic E-state index is 13.2. The lowest BCUT2D eigenvalue weighted by molar-refractivity contribution is -0.130. The van der Waals surface area contributed by atoms with Gasteiger partial charge in [-0.15, -0.1) is 0 Å². The average molecular weight is 366 g/mol. The Morgan fingerprint density at radius 3 is 2.59 bits per heavy atom. The summed E-state index contributed by atoms with van der Waals surface area (Å²) >= 11 is 0. The zero-order valence-electron chi connectivity index (χ0n) is 15.6. The summed E-state index contributed by atoms with van der Waals surface area (Å²) in [6, 6.07) is 12.0. The molecule has 0 radical (unpaired) electrons. The molecule has 1 aromatic heterocycles. The van der Waals surface area contributed by atoms with Gasteiger partial charge in [0.25, 0.3) is 0 Å². The van der Waals surface area contributed by atoms with Gasteiger partial charge >= 0.3 is 0 Å². The number of rotatable bonds is 5. The molecule has 2 aliphatic rings. The summed E-state index contributed by atoms with van der Waals surface area (Å²) in [5.41, 5.74) is 0.518.